The van der Waals surface area contributed by atoms with Crippen LogP contribution in [0.2, 0.25) is 20.1 Å². The minimum absolute atomic E-state index is 0.103. The van der Waals surface area contributed by atoms with Gasteiger partial charge in [0, 0.05) is 32.5 Å². The van der Waals surface area contributed by atoms with Gasteiger partial charge in [-0.25, -0.2) is 8.42 Å². The summed E-state index contributed by atoms with van der Waals surface area (Å²) in [7, 11) is -3.80. The molecule has 0 fully saturated rings. The highest BCUT2D eigenvalue weighted by Crippen LogP contribution is 2.38. The van der Waals surface area contributed by atoms with E-state index in [1.54, 1.807) is 36.4 Å². The molecular weight excluding hydrogens is 448 g/mol. The van der Waals surface area contributed by atoms with Gasteiger partial charge in [0.2, 0.25) is 0 Å². The van der Waals surface area contributed by atoms with E-state index in [-0.39, 0.29) is 16.3 Å². The van der Waals surface area contributed by atoms with Gasteiger partial charge >= 0.3 is 0 Å². The van der Waals surface area contributed by atoms with Crippen molar-refractivity contribution in [2.45, 2.75) is 16.6 Å². The molecule has 1 unspecified atom stereocenters. The first kappa shape index (κ1) is 20.4. The maximum Gasteiger partial charge on any atom is 0.187 e. The van der Waals surface area contributed by atoms with Gasteiger partial charge in [-0.2, -0.15) is 0 Å². The second-order valence-electron chi connectivity index (χ2n) is 5.83. The summed E-state index contributed by atoms with van der Waals surface area (Å²) in [5.74, 6) is 0. The third-order valence-corrected chi connectivity index (χ3v) is 7.28. The Hall–Kier alpha value is -1.30. The fourth-order valence-corrected chi connectivity index (χ4v) is 5.55. The first-order valence-electron chi connectivity index (χ1n) is 7.82. The topological polar surface area (TPSA) is 47.0 Å². The monoisotopic (exact) mass is 459 g/mol. The van der Waals surface area contributed by atoms with Crippen molar-refractivity contribution in [3.05, 3.63) is 92.1 Å². The number of sulfone groups is 1. The second-order valence-corrected chi connectivity index (χ2v) is 9.65. The third kappa shape index (κ3) is 4.58. The van der Waals surface area contributed by atoms with Crippen LogP contribution in [0.25, 0.3) is 0 Å². The number of nitrogens with zero attached hydrogens (tertiary/aromatic N) is 1. The zero-order valence-electron chi connectivity index (χ0n) is 13.7. The average Bonchev–Trinajstić information content (AvgIpc) is 2.62. The van der Waals surface area contributed by atoms with Crippen LogP contribution in [-0.4, -0.2) is 13.4 Å². The Morgan fingerprint density at radius 1 is 0.889 bits per heavy atom. The lowest BCUT2D eigenvalue weighted by Gasteiger charge is -2.20. The minimum atomic E-state index is -3.80. The van der Waals surface area contributed by atoms with E-state index >= 15 is 0 Å². The summed E-state index contributed by atoms with van der Waals surface area (Å²) in [6.45, 7) is 0. The highest BCUT2D eigenvalue weighted by atomic mass is 35.5. The van der Waals surface area contributed by atoms with Crippen LogP contribution in [0, 0.1) is 0 Å². The number of hydrogen-bond donors (Lipinski definition) is 0. The van der Waals surface area contributed by atoms with Gasteiger partial charge in [-0.3, -0.25) is 4.98 Å². The van der Waals surface area contributed by atoms with E-state index in [9.17, 15) is 8.42 Å². The second kappa shape index (κ2) is 8.38. The van der Waals surface area contributed by atoms with E-state index in [0.717, 1.165) is 0 Å². The molecule has 3 nitrogen and oxygen atoms in total. The summed E-state index contributed by atoms with van der Waals surface area (Å²) in [5, 5.41) is 0.583. The normalized spacial score (nSPS) is 12.7. The number of pyridine rings is 1. The van der Waals surface area contributed by atoms with E-state index in [2.05, 4.69) is 4.98 Å². The van der Waals surface area contributed by atoms with Crippen molar-refractivity contribution in [3.8, 4) is 0 Å². The maximum absolute atomic E-state index is 13.4. The molecule has 3 rings (SSSR count). The summed E-state index contributed by atoms with van der Waals surface area (Å²) in [6, 6.07) is 12.8. The minimum Gasteiger partial charge on any atom is -0.263 e. The lowest BCUT2D eigenvalue weighted by atomic mass is 10.0. The lowest BCUT2D eigenvalue weighted by molar-refractivity contribution is 0.580. The Morgan fingerprint density at radius 3 is 2.15 bits per heavy atom. The lowest BCUT2D eigenvalue weighted by Crippen LogP contribution is -2.17. The Kier molecular flexibility index (Phi) is 6.34. The van der Waals surface area contributed by atoms with Crippen LogP contribution in [0.4, 0.5) is 0 Å². The highest BCUT2D eigenvalue weighted by molar-refractivity contribution is 7.91. The summed E-state index contributed by atoms with van der Waals surface area (Å²) < 4.78 is 26.7. The van der Waals surface area contributed by atoms with Crippen molar-refractivity contribution in [1.82, 2.24) is 4.98 Å². The van der Waals surface area contributed by atoms with Gasteiger partial charge in [0.05, 0.1) is 10.1 Å². The molecule has 0 radical (unpaired) electrons. The van der Waals surface area contributed by atoms with E-state index in [0.29, 0.717) is 26.2 Å². The van der Waals surface area contributed by atoms with Crippen molar-refractivity contribution in [2.75, 3.05) is 0 Å². The van der Waals surface area contributed by atoms with Crippen molar-refractivity contribution >= 4 is 56.2 Å². The summed E-state index contributed by atoms with van der Waals surface area (Å²) >= 11 is 24.5. The molecule has 0 saturated heterocycles. The van der Waals surface area contributed by atoms with E-state index < -0.39 is 15.1 Å². The van der Waals surface area contributed by atoms with Crippen LogP contribution in [0.3, 0.4) is 0 Å². The molecule has 0 saturated carbocycles. The van der Waals surface area contributed by atoms with Gasteiger partial charge in [-0.05, 0) is 53.9 Å². The van der Waals surface area contributed by atoms with E-state index in [1.807, 2.05) is 0 Å². The first-order valence-corrected chi connectivity index (χ1v) is 10.9. The number of rotatable bonds is 5. The summed E-state index contributed by atoms with van der Waals surface area (Å²) in [4.78, 5) is 4.03. The standard InChI is InChI=1S/C19H13Cl4NO2S/c20-13-4-3-12(17(22)9-13)8-19(16-6-5-14(21)10-18(16)23)27(25,26)15-2-1-7-24-11-15/h1-7,9-11,19H,8H2. The van der Waals surface area contributed by atoms with Crippen LogP contribution in [0.1, 0.15) is 16.4 Å². The summed E-state index contributed by atoms with van der Waals surface area (Å²) in [6.07, 6.45) is 2.95. The number of halogens is 4. The number of benzene rings is 2. The van der Waals surface area contributed by atoms with Crippen LogP contribution in [-0.2, 0) is 16.3 Å². The Labute approximate surface area is 177 Å². The molecule has 8 heteroatoms. The molecule has 140 valence electrons. The van der Waals surface area contributed by atoms with Gasteiger partial charge in [-0.1, -0.05) is 58.5 Å². The molecule has 0 aliphatic rings. The van der Waals surface area contributed by atoms with Gasteiger partial charge in [-0.15, -0.1) is 0 Å². The first-order chi connectivity index (χ1) is 12.8. The molecule has 2 aromatic carbocycles. The molecule has 0 spiro atoms. The van der Waals surface area contributed by atoms with E-state index in [4.69, 9.17) is 46.4 Å². The number of aromatic nitrogens is 1. The predicted octanol–water partition coefficient (Wildman–Crippen LogP) is 6.45. The molecule has 1 atom stereocenters. The Morgan fingerprint density at radius 2 is 1.56 bits per heavy atom. The van der Waals surface area contributed by atoms with Gasteiger partial charge in [0.15, 0.2) is 9.84 Å². The zero-order chi connectivity index (χ0) is 19.6. The van der Waals surface area contributed by atoms with Crippen molar-refractivity contribution in [1.29, 1.82) is 0 Å². The SMILES string of the molecule is O=S(=O)(c1cccnc1)C(Cc1ccc(Cl)cc1Cl)c1ccc(Cl)cc1Cl. The molecule has 0 amide bonds. The number of hydrogen-bond acceptors (Lipinski definition) is 3. The average molecular weight is 461 g/mol. The van der Waals surface area contributed by atoms with Crippen molar-refractivity contribution in [3.63, 3.8) is 0 Å². The van der Waals surface area contributed by atoms with E-state index in [1.165, 1.54) is 24.5 Å². The highest BCUT2D eigenvalue weighted by Gasteiger charge is 2.32. The molecule has 3 aromatic rings. The van der Waals surface area contributed by atoms with Crippen molar-refractivity contribution < 1.29 is 8.42 Å². The van der Waals surface area contributed by atoms with Crippen LogP contribution >= 0.6 is 46.4 Å². The molecule has 1 heterocycles. The molecule has 0 aliphatic heterocycles. The van der Waals surface area contributed by atoms with Crippen molar-refractivity contribution in [2.24, 2.45) is 0 Å². The van der Waals surface area contributed by atoms with Gasteiger partial charge in [0.1, 0.15) is 0 Å². The molecule has 0 aliphatic carbocycles. The van der Waals surface area contributed by atoms with Crippen LogP contribution in [0.15, 0.2) is 65.8 Å². The molecular formula is C19H13Cl4NO2S. The Balaban J connectivity index is 2.14. The molecule has 0 N–H and O–H groups in total. The molecule has 0 bridgehead atoms. The summed E-state index contributed by atoms with van der Waals surface area (Å²) in [5.41, 5.74) is 1.08. The van der Waals surface area contributed by atoms with Gasteiger partial charge in [0.25, 0.3) is 0 Å². The Bertz CT molecular complexity index is 1070. The largest absolute Gasteiger partial charge is 0.263 e. The molecule has 1 aromatic heterocycles. The predicted molar refractivity (Wildman–Crippen MR) is 111 cm³/mol. The maximum atomic E-state index is 13.4. The van der Waals surface area contributed by atoms with Crippen LogP contribution < -0.4 is 0 Å². The molecule has 27 heavy (non-hydrogen) atoms. The van der Waals surface area contributed by atoms with Gasteiger partial charge < -0.3 is 0 Å². The smallest absolute Gasteiger partial charge is 0.187 e. The third-order valence-electron chi connectivity index (χ3n) is 4.07. The fourth-order valence-electron chi connectivity index (χ4n) is 2.72. The zero-order valence-corrected chi connectivity index (χ0v) is 17.6. The van der Waals surface area contributed by atoms with Crippen LogP contribution in [0.5, 0.6) is 0 Å². The fraction of sp³-hybridized carbons (Fsp3) is 0.105. The quantitative estimate of drug-likeness (QED) is 0.439.